The summed E-state index contributed by atoms with van der Waals surface area (Å²) >= 11 is 1.78. The first-order valence-corrected chi connectivity index (χ1v) is 6.30. The molecule has 0 aliphatic rings. The van der Waals surface area contributed by atoms with Crippen molar-refractivity contribution in [1.82, 2.24) is 0 Å². The fourth-order valence-corrected chi connectivity index (χ4v) is 2.49. The Labute approximate surface area is 106 Å². The molecule has 0 bridgehead atoms. The molecule has 1 aromatic heterocycles. The fraction of sp³-hybridized carbons (Fsp3) is 0.214. The summed E-state index contributed by atoms with van der Waals surface area (Å²) in [7, 11) is 0. The van der Waals surface area contributed by atoms with E-state index in [9.17, 15) is 0 Å². The van der Waals surface area contributed by atoms with Crippen molar-refractivity contribution in [2.75, 3.05) is 5.32 Å². The van der Waals surface area contributed by atoms with Gasteiger partial charge in [-0.05, 0) is 43.7 Å². The van der Waals surface area contributed by atoms with Crippen LogP contribution in [0.25, 0.3) is 0 Å². The van der Waals surface area contributed by atoms with E-state index in [4.69, 9.17) is 5.26 Å². The largest absolute Gasteiger partial charge is 0.379 e. The molecule has 1 aromatic carbocycles. The zero-order valence-corrected chi connectivity index (χ0v) is 10.8. The summed E-state index contributed by atoms with van der Waals surface area (Å²) < 4.78 is 0. The summed E-state index contributed by atoms with van der Waals surface area (Å²) in [5.41, 5.74) is 2.77. The molecule has 0 atom stereocenters. The zero-order chi connectivity index (χ0) is 12.3. The first-order chi connectivity index (χ1) is 8.19. The molecule has 17 heavy (non-hydrogen) atoms. The van der Waals surface area contributed by atoms with Crippen molar-refractivity contribution >= 4 is 17.0 Å². The summed E-state index contributed by atoms with van der Waals surface area (Å²) in [6.45, 7) is 4.90. The Morgan fingerprint density at radius 1 is 1.24 bits per heavy atom. The van der Waals surface area contributed by atoms with Gasteiger partial charge in [-0.25, -0.2) is 0 Å². The molecule has 0 amide bonds. The smallest absolute Gasteiger partial charge is 0.101 e. The number of nitrogens with zero attached hydrogens (tertiary/aromatic N) is 1. The lowest BCUT2D eigenvalue weighted by Crippen LogP contribution is -1.99. The molecule has 0 aliphatic carbocycles. The van der Waals surface area contributed by atoms with Crippen LogP contribution in [-0.4, -0.2) is 0 Å². The molecule has 0 fully saturated rings. The van der Waals surface area contributed by atoms with Crippen molar-refractivity contribution < 1.29 is 0 Å². The number of rotatable bonds is 3. The Morgan fingerprint density at radius 2 is 2.06 bits per heavy atom. The van der Waals surface area contributed by atoms with E-state index in [-0.39, 0.29) is 0 Å². The third-order valence-electron chi connectivity index (χ3n) is 2.54. The average Bonchev–Trinajstić information content (AvgIpc) is 2.73. The molecular formula is C14H14N2S. The highest BCUT2D eigenvalue weighted by Crippen LogP contribution is 2.20. The molecule has 0 unspecified atom stereocenters. The maximum Gasteiger partial charge on any atom is 0.101 e. The van der Waals surface area contributed by atoms with Gasteiger partial charge in [-0.1, -0.05) is 6.07 Å². The number of benzene rings is 1. The lowest BCUT2D eigenvalue weighted by Gasteiger charge is -2.07. The summed E-state index contributed by atoms with van der Waals surface area (Å²) in [5.74, 6) is 0. The van der Waals surface area contributed by atoms with Crippen molar-refractivity contribution in [3.8, 4) is 6.07 Å². The van der Waals surface area contributed by atoms with Gasteiger partial charge < -0.3 is 5.32 Å². The maximum absolute atomic E-state index is 9.02. The van der Waals surface area contributed by atoms with Gasteiger partial charge in [-0.3, -0.25) is 0 Å². The van der Waals surface area contributed by atoms with Crippen molar-refractivity contribution in [3.63, 3.8) is 0 Å². The third-order valence-corrected chi connectivity index (χ3v) is 3.55. The van der Waals surface area contributed by atoms with Gasteiger partial charge in [0.25, 0.3) is 0 Å². The van der Waals surface area contributed by atoms with Crippen LogP contribution >= 0.6 is 11.3 Å². The maximum atomic E-state index is 9.02. The highest BCUT2D eigenvalue weighted by Gasteiger charge is 2.02. The van der Waals surface area contributed by atoms with E-state index in [1.165, 1.54) is 9.75 Å². The number of hydrogen-bond acceptors (Lipinski definition) is 3. The highest BCUT2D eigenvalue weighted by atomic mass is 32.1. The monoisotopic (exact) mass is 242 g/mol. The molecule has 0 spiro atoms. The van der Waals surface area contributed by atoms with E-state index in [1.54, 1.807) is 11.3 Å². The second-order valence-electron chi connectivity index (χ2n) is 4.03. The number of thiophene rings is 1. The molecular weight excluding hydrogens is 228 g/mol. The Balaban J connectivity index is 2.13. The first kappa shape index (κ1) is 11.7. The third kappa shape index (κ3) is 2.86. The molecule has 2 aromatic rings. The second kappa shape index (κ2) is 5.03. The Morgan fingerprint density at radius 3 is 2.71 bits per heavy atom. The van der Waals surface area contributed by atoms with Gasteiger partial charge in [0.1, 0.15) is 6.07 Å². The topological polar surface area (TPSA) is 35.8 Å². The van der Waals surface area contributed by atoms with E-state index in [2.05, 4.69) is 30.4 Å². The minimum Gasteiger partial charge on any atom is -0.379 e. The summed E-state index contributed by atoms with van der Waals surface area (Å²) in [5, 5.41) is 12.3. The van der Waals surface area contributed by atoms with E-state index in [1.807, 2.05) is 25.1 Å². The predicted molar refractivity (Wildman–Crippen MR) is 72.3 cm³/mol. The molecule has 86 valence electrons. The highest BCUT2D eigenvalue weighted by molar-refractivity contribution is 7.11. The van der Waals surface area contributed by atoms with Gasteiger partial charge >= 0.3 is 0 Å². The molecule has 2 nitrogen and oxygen atoms in total. The number of anilines is 1. The van der Waals surface area contributed by atoms with Gasteiger partial charge in [0.15, 0.2) is 0 Å². The lowest BCUT2D eigenvalue weighted by atomic mass is 10.1. The number of hydrogen-bond donors (Lipinski definition) is 1. The van der Waals surface area contributed by atoms with Crippen molar-refractivity contribution in [3.05, 3.63) is 51.2 Å². The van der Waals surface area contributed by atoms with Crippen LogP contribution < -0.4 is 5.32 Å². The Bertz CT molecular complexity index is 564. The molecule has 1 N–H and O–H groups in total. The number of nitrogens with one attached hydrogen (secondary N) is 1. The summed E-state index contributed by atoms with van der Waals surface area (Å²) in [6.07, 6.45) is 0. The zero-order valence-electron chi connectivity index (χ0n) is 9.95. The minimum atomic E-state index is 0.698. The standard InChI is InChI=1S/C14H14N2S/c1-10-3-5-12(8-15)14(7-10)16-9-13-6-4-11(2)17-13/h3-7,16H,9H2,1-2H3. The molecule has 2 rings (SSSR count). The number of aryl methyl sites for hydroxylation is 2. The van der Waals surface area contributed by atoms with Gasteiger partial charge in [0, 0.05) is 16.3 Å². The quantitative estimate of drug-likeness (QED) is 0.887. The van der Waals surface area contributed by atoms with Gasteiger partial charge in [-0.15, -0.1) is 11.3 Å². The van der Waals surface area contributed by atoms with Gasteiger partial charge in [0.2, 0.25) is 0 Å². The van der Waals surface area contributed by atoms with Gasteiger partial charge in [-0.2, -0.15) is 5.26 Å². The van der Waals surface area contributed by atoms with Crippen LogP contribution in [0.15, 0.2) is 30.3 Å². The van der Waals surface area contributed by atoms with E-state index < -0.39 is 0 Å². The van der Waals surface area contributed by atoms with E-state index in [0.29, 0.717) is 5.56 Å². The van der Waals surface area contributed by atoms with Crippen LogP contribution in [0, 0.1) is 25.2 Å². The molecule has 0 radical (unpaired) electrons. The minimum absolute atomic E-state index is 0.698. The van der Waals surface area contributed by atoms with E-state index >= 15 is 0 Å². The molecule has 0 aliphatic heterocycles. The van der Waals surface area contributed by atoms with Crippen LogP contribution in [0.1, 0.15) is 20.9 Å². The van der Waals surface area contributed by atoms with E-state index in [0.717, 1.165) is 17.8 Å². The van der Waals surface area contributed by atoms with Crippen LogP contribution in [0.4, 0.5) is 5.69 Å². The summed E-state index contributed by atoms with van der Waals surface area (Å²) in [6, 6.07) is 12.3. The second-order valence-corrected chi connectivity index (χ2v) is 5.40. The molecule has 1 heterocycles. The Kier molecular flexibility index (Phi) is 3.46. The fourth-order valence-electron chi connectivity index (χ4n) is 1.66. The van der Waals surface area contributed by atoms with Crippen molar-refractivity contribution in [2.24, 2.45) is 0 Å². The Hall–Kier alpha value is -1.79. The lowest BCUT2D eigenvalue weighted by molar-refractivity contribution is 1.18. The normalized spacial score (nSPS) is 9.94. The SMILES string of the molecule is Cc1ccc(C#N)c(NCc2ccc(C)s2)c1. The van der Waals surface area contributed by atoms with Crippen LogP contribution in [-0.2, 0) is 6.54 Å². The predicted octanol–water partition coefficient (Wildman–Crippen LogP) is 3.85. The number of nitriles is 1. The molecule has 0 saturated carbocycles. The first-order valence-electron chi connectivity index (χ1n) is 5.49. The molecule has 3 heteroatoms. The van der Waals surface area contributed by atoms with Crippen molar-refractivity contribution in [1.29, 1.82) is 5.26 Å². The average molecular weight is 242 g/mol. The van der Waals surface area contributed by atoms with Crippen molar-refractivity contribution in [2.45, 2.75) is 20.4 Å². The van der Waals surface area contributed by atoms with Crippen LogP contribution in [0.2, 0.25) is 0 Å². The summed E-state index contributed by atoms with van der Waals surface area (Å²) in [4.78, 5) is 2.60. The molecule has 0 saturated heterocycles. The van der Waals surface area contributed by atoms with Crippen LogP contribution in [0.5, 0.6) is 0 Å². The van der Waals surface area contributed by atoms with Gasteiger partial charge in [0.05, 0.1) is 11.3 Å². The van der Waals surface area contributed by atoms with Crippen LogP contribution in [0.3, 0.4) is 0 Å².